The van der Waals surface area contributed by atoms with Gasteiger partial charge in [-0.15, -0.1) is 0 Å². The molecule has 1 rings (SSSR count). The second kappa shape index (κ2) is 3.38. The van der Waals surface area contributed by atoms with E-state index in [0.717, 1.165) is 0 Å². The maximum absolute atomic E-state index is 10.3. The van der Waals surface area contributed by atoms with Gasteiger partial charge in [-0.1, -0.05) is 0 Å². The van der Waals surface area contributed by atoms with E-state index in [4.69, 9.17) is 5.11 Å². The number of carbonyl (C=O) groups is 1. The van der Waals surface area contributed by atoms with Gasteiger partial charge in [-0.05, 0) is 25.8 Å². The fraction of sp³-hybridized carbons (Fsp3) is 0.667. The fourth-order valence-corrected chi connectivity index (χ4v) is 1.55. The van der Waals surface area contributed by atoms with Crippen LogP contribution in [0.5, 0.6) is 0 Å². The highest BCUT2D eigenvalue weighted by Gasteiger charge is 2.40. The quantitative estimate of drug-likeness (QED) is 0.616. The first-order valence-electron chi connectivity index (χ1n) is 4.26. The van der Waals surface area contributed by atoms with Crippen molar-refractivity contribution >= 4 is 5.97 Å². The summed E-state index contributed by atoms with van der Waals surface area (Å²) in [6.45, 7) is 1.68. The van der Waals surface area contributed by atoms with Crippen molar-refractivity contribution in [3.8, 4) is 0 Å². The van der Waals surface area contributed by atoms with Gasteiger partial charge in [-0.2, -0.15) is 0 Å². The Balaban J connectivity index is 2.63. The van der Waals surface area contributed by atoms with Crippen molar-refractivity contribution in [2.45, 2.75) is 32.3 Å². The minimum absolute atomic E-state index is 0.0362. The van der Waals surface area contributed by atoms with Crippen molar-refractivity contribution in [2.24, 2.45) is 5.41 Å². The van der Waals surface area contributed by atoms with Crippen LogP contribution in [0.1, 0.15) is 26.2 Å². The van der Waals surface area contributed by atoms with Crippen molar-refractivity contribution in [1.82, 2.24) is 0 Å². The normalized spacial score (nSPS) is 33.1. The maximum atomic E-state index is 10.3. The summed E-state index contributed by atoms with van der Waals surface area (Å²) in [5.41, 5.74) is -0.765. The van der Waals surface area contributed by atoms with Gasteiger partial charge in [-0.25, -0.2) is 0 Å². The van der Waals surface area contributed by atoms with Crippen LogP contribution in [0.4, 0.5) is 0 Å². The average Bonchev–Trinajstić information content (AvgIpc) is 2.31. The van der Waals surface area contributed by atoms with E-state index in [9.17, 15) is 15.0 Å². The molecule has 1 aliphatic carbocycles. The van der Waals surface area contributed by atoms with Gasteiger partial charge >= 0.3 is 5.97 Å². The van der Waals surface area contributed by atoms with E-state index >= 15 is 0 Å². The van der Waals surface area contributed by atoms with E-state index in [1.165, 1.54) is 0 Å². The molecule has 0 radical (unpaired) electrons. The third-order valence-corrected chi connectivity index (χ3v) is 2.71. The Morgan fingerprint density at radius 2 is 2.38 bits per heavy atom. The standard InChI is InChI=1S/C9H14O4/c1-9(5-4-8(12)13)6(10)2-3-7(9)11/h2,7,10-11H,3-5H2,1H3,(H,12,13)/t7-,9-/m1/s1. The molecule has 3 N–H and O–H groups in total. The molecule has 13 heavy (non-hydrogen) atoms. The SMILES string of the molecule is C[C@@]1(CCC(=O)O)C(O)=CC[C@H]1O. The van der Waals surface area contributed by atoms with E-state index in [1.807, 2.05) is 0 Å². The third kappa shape index (κ3) is 1.83. The Morgan fingerprint density at radius 3 is 2.77 bits per heavy atom. The van der Waals surface area contributed by atoms with Crippen molar-refractivity contribution < 1.29 is 20.1 Å². The molecule has 74 valence electrons. The molecule has 0 aromatic carbocycles. The molecule has 2 atom stereocenters. The van der Waals surface area contributed by atoms with Crippen LogP contribution >= 0.6 is 0 Å². The number of aliphatic carboxylic acids is 1. The summed E-state index contributed by atoms with van der Waals surface area (Å²) >= 11 is 0. The van der Waals surface area contributed by atoms with Crippen LogP contribution in [0.15, 0.2) is 11.8 Å². The molecule has 0 unspecified atom stereocenters. The lowest BCUT2D eigenvalue weighted by Gasteiger charge is -2.28. The molecule has 0 spiro atoms. The summed E-state index contributed by atoms with van der Waals surface area (Å²) in [6.07, 6.45) is 1.53. The molecule has 0 aliphatic heterocycles. The second-order valence-corrected chi connectivity index (χ2v) is 3.65. The van der Waals surface area contributed by atoms with E-state index in [2.05, 4.69) is 0 Å². The number of aliphatic hydroxyl groups is 2. The maximum Gasteiger partial charge on any atom is 0.303 e. The molecule has 0 amide bonds. The van der Waals surface area contributed by atoms with Crippen LogP contribution in [-0.2, 0) is 4.79 Å². The minimum atomic E-state index is -0.909. The van der Waals surface area contributed by atoms with Crippen molar-refractivity contribution in [3.05, 3.63) is 11.8 Å². The zero-order chi connectivity index (χ0) is 10.1. The molecule has 1 aliphatic rings. The summed E-state index contributed by atoms with van der Waals surface area (Å²) in [6, 6.07) is 0. The number of carboxylic acids is 1. The third-order valence-electron chi connectivity index (χ3n) is 2.71. The number of rotatable bonds is 3. The first kappa shape index (κ1) is 10.1. The Labute approximate surface area is 76.5 Å². The molecule has 0 fully saturated rings. The summed E-state index contributed by atoms with van der Waals surface area (Å²) in [4.78, 5) is 10.3. The van der Waals surface area contributed by atoms with Gasteiger partial charge in [-0.3, -0.25) is 4.79 Å². The lowest BCUT2D eigenvalue weighted by Crippen LogP contribution is -2.30. The minimum Gasteiger partial charge on any atom is -0.512 e. The summed E-state index contributed by atoms with van der Waals surface area (Å²) in [5.74, 6) is -0.797. The highest BCUT2D eigenvalue weighted by molar-refractivity contribution is 5.66. The number of hydrogen-bond acceptors (Lipinski definition) is 3. The van der Waals surface area contributed by atoms with Crippen LogP contribution in [0.2, 0.25) is 0 Å². The Bertz CT molecular complexity index is 246. The Morgan fingerprint density at radius 1 is 1.77 bits per heavy atom. The van der Waals surface area contributed by atoms with Crippen LogP contribution < -0.4 is 0 Å². The van der Waals surface area contributed by atoms with E-state index in [1.54, 1.807) is 13.0 Å². The predicted molar refractivity (Wildman–Crippen MR) is 46.3 cm³/mol. The van der Waals surface area contributed by atoms with Gasteiger partial charge in [0, 0.05) is 6.42 Å². The topological polar surface area (TPSA) is 77.8 Å². The lowest BCUT2D eigenvalue weighted by atomic mass is 9.81. The summed E-state index contributed by atoms with van der Waals surface area (Å²) < 4.78 is 0. The molecule has 0 aromatic rings. The zero-order valence-corrected chi connectivity index (χ0v) is 7.53. The van der Waals surface area contributed by atoms with Crippen LogP contribution in [0, 0.1) is 5.41 Å². The predicted octanol–water partition coefficient (Wildman–Crippen LogP) is 1.06. The number of hydrogen-bond donors (Lipinski definition) is 3. The molecule has 0 saturated carbocycles. The van der Waals surface area contributed by atoms with Gasteiger partial charge in [0.1, 0.15) is 0 Å². The van der Waals surface area contributed by atoms with Crippen molar-refractivity contribution in [1.29, 1.82) is 0 Å². The van der Waals surface area contributed by atoms with E-state index < -0.39 is 17.5 Å². The van der Waals surface area contributed by atoms with Gasteiger partial charge in [0.2, 0.25) is 0 Å². The molecule has 0 bridgehead atoms. The molecule has 0 saturated heterocycles. The molecule has 0 aromatic heterocycles. The van der Waals surface area contributed by atoms with Crippen molar-refractivity contribution in [2.75, 3.05) is 0 Å². The average molecular weight is 186 g/mol. The largest absolute Gasteiger partial charge is 0.512 e. The van der Waals surface area contributed by atoms with Gasteiger partial charge < -0.3 is 15.3 Å². The summed E-state index contributed by atoms with van der Waals surface area (Å²) in [5, 5.41) is 27.4. The molecule has 4 nitrogen and oxygen atoms in total. The molecule has 0 heterocycles. The fourth-order valence-electron chi connectivity index (χ4n) is 1.55. The van der Waals surface area contributed by atoms with Gasteiger partial charge in [0.25, 0.3) is 0 Å². The first-order chi connectivity index (χ1) is 5.97. The smallest absolute Gasteiger partial charge is 0.303 e. The second-order valence-electron chi connectivity index (χ2n) is 3.65. The van der Waals surface area contributed by atoms with E-state index in [0.29, 0.717) is 6.42 Å². The number of carboxylic acid groups (broad SMARTS) is 1. The molecular formula is C9H14O4. The van der Waals surface area contributed by atoms with E-state index in [-0.39, 0.29) is 18.6 Å². The zero-order valence-electron chi connectivity index (χ0n) is 7.53. The monoisotopic (exact) mass is 186 g/mol. The Hall–Kier alpha value is -1.03. The van der Waals surface area contributed by atoms with Crippen molar-refractivity contribution in [3.63, 3.8) is 0 Å². The van der Waals surface area contributed by atoms with Gasteiger partial charge in [0.15, 0.2) is 0 Å². The lowest BCUT2D eigenvalue weighted by molar-refractivity contribution is -0.137. The highest BCUT2D eigenvalue weighted by Crippen LogP contribution is 2.41. The van der Waals surface area contributed by atoms with Crippen LogP contribution in [0.25, 0.3) is 0 Å². The van der Waals surface area contributed by atoms with Gasteiger partial charge in [0.05, 0.1) is 17.3 Å². The Kier molecular flexibility index (Phi) is 2.61. The van der Waals surface area contributed by atoms with Crippen LogP contribution in [0.3, 0.4) is 0 Å². The molecular weight excluding hydrogens is 172 g/mol. The number of aliphatic hydroxyl groups excluding tert-OH is 2. The first-order valence-corrected chi connectivity index (χ1v) is 4.26. The van der Waals surface area contributed by atoms with Crippen LogP contribution in [-0.4, -0.2) is 27.4 Å². The summed E-state index contributed by atoms with van der Waals surface area (Å²) in [7, 11) is 0. The highest BCUT2D eigenvalue weighted by atomic mass is 16.4. The molecule has 4 heteroatoms.